The fourth-order valence-corrected chi connectivity index (χ4v) is 3.84. The molecule has 2 aliphatic rings. The summed E-state index contributed by atoms with van der Waals surface area (Å²) in [6, 6.07) is 0.756. The van der Waals surface area contributed by atoms with Crippen molar-refractivity contribution < 1.29 is 0 Å². The Morgan fingerprint density at radius 2 is 1.89 bits per heavy atom. The van der Waals surface area contributed by atoms with E-state index in [4.69, 9.17) is 0 Å². The topological polar surface area (TPSA) is 15.3 Å². The first kappa shape index (κ1) is 14.3. The largest absolute Gasteiger partial charge is 0.312 e. The summed E-state index contributed by atoms with van der Waals surface area (Å²) < 4.78 is 0. The third kappa shape index (κ3) is 4.55. The molecule has 1 saturated heterocycles. The number of likely N-dealkylation sites (tertiary alicyclic amines) is 1. The lowest BCUT2D eigenvalue weighted by Crippen LogP contribution is -2.48. The Kier molecular flexibility index (Phi) is 5.97. The van der Waals surface area contributed by atoms with Gasteiger partial charge in [0.05, 0.1) is 0 Å². The van der Waals surface area contributed by atoms with Gasteiger partial charge in [-0.2, -0.15) is 0 Å². The first-order chi connectivity index (χ1) is 8.78. The van der Waals surface area contributed by atoms with Gasteiger partial charge < -0.3 is 10.2 Å². The van der Waals surface area contributed by atoms with Crippen LogP contribution in [0.5, 0.6) is 0 Å². The maximum absolute atomic E-state index is 3.86. The van der Waals surface area contributed by atoms with Gasteiger partial charge in [-0.05, 0) is 51.1 Å². The lowest BCUT2D eigenvalue weighted by Gasteiger charge is -2.36. The van der Waals surface area contributed by atoms with Crippen molar-refractivity contribution in [3.8, 4) is 0 Å². The molecule has 106 valence electrons. The van der Waals surface area contributed by atoms with Gasteiger partial charge >= 0.3 is 0 Å². The number of hydrogen-bond donors (Lipinski definition) is 1. The molecule has 2 unspecified atom stereocenters. The minimum absolute atomic E-state index is 0.756. The molecule has 0 aromatic carbocycles. The highest BCUT2D eigenvalue weighted by atomic mass is 15.1. The zero-order valence-corrected chi connectivity index (χ0v) is 12.5. The Bertz CT molecular complexity index is 223. The van der Waals surface area contributed by atoms with Gasteiger partial charge in [0.15, 0.2) is 0 Å². The third-order valence-electron chi connectivity index (χ3n) is 4.86. The van der Waals surface area contributed by atoms with Crippen molar-refractivity contribution in [2.24, 2.45) is 11.8 Å². The smallest absolute Gasteiger partial charge is 0.0198 e. The van der Waals surface area contributed by atoms with Crippen LogP contribution in [-0.4, -0.2) is 37.6 Å². The van der Waals surface area contributed by atoms with Crippen LogP contribution in [-0.2, 0) is 0 Å². The second-order valence-corrected chi connectivity index (χ2v) is 6.72. The highest BCUT2D eigenvalue weighted by Crippen LogP contribution is 2.25. The first-order valence-electron chi connectivity index (χ1n) is 8.19. The van der Waals surface area contributed by atoms with Crippen molar-refractivity contribution in [2.75, 3.05) is 26.7 Å². The number of piperidine rings is 1. The van der Waals surface area contributed by atoms with Gasteiger partial charge in [-0.25, -0.2) is 0 Å². The summed E-state index contributed by atoms with van der Waals surface area (Å²) in [5, 5.41) is 3.86. The number of hydrogen-bond acceptors (Lipinski definition) is 2. The highest BCUT2D eigenvalue weighted by Gasteiger charge is 2.25. The lowest BCUT2D eigenvalue weighted by atomic mass is 9.90. The molecule has 1 aliphatic heterocycles. The standard InChI is InChI=1S/C16H32N2/c1-3-4-7-15-10-16(13-18(2)12-15)17-11-14-8-5-6-9-14/h14-17H,3-13H2,1-2H3. The molecule has 0 radical (unpaired) electrons. The Hall–Kier alpha value is -0.0800. The summed E-state index contributed by atoms with van der Waals surface area (Å²) in [4.78, 5) is 2.54. The average molecular weight is 252 g/mol. The van der Waals surface area contributed by atoms with E-state index in [-0.39, 0.29) is 0 Å². The molecule has 0 spiro atoms. The van der Waals surface area contributed by atoms with Crippen molar-refractivity contribution in [1.82, 2.24) is 10.2 Å². The molecule has 2 rings (SSSR count). The van der Waals surface area contributed by atoms with Crippen LogP contribution in [0.15, 0.2) is 0 Å². The van der Waals surface area contributed by atoms with Crippen LogP contribution in [0.25, 0.3) is 0 Å². The van der Waals surface area contributed by atoms with E-state index in [1.165, 1.54) is 71.0 Å². The summed E-state index contributed by atoms with van der Waals surface area (Å²) in [6.07, 6.45) is 11.5. The molecule has 2 nitrogen and oxygen atoms in total. The number of unbranched alkanes of at least 4 members (excludes halogenated alkanes) is 1. The normalized spacial score (nSPS) is 31.0. The van der Waals surface area contributed by atoms with E-state index in [2.05, 4.69) is 24.2 Å². The maximum atomic E-state index is 3.86. The van der Waals surface area contributed by atoms with Gasteiger partial charge in [-0.1, -0.05) is 32.6 Å². The molecule has 1 N–H and O–H groups in total. The molecule has 1 heterocycles. The van der Waals surface area contributed by atoms with Crippen molar-refractivity contribution in [2.45, 2.75) is 64.3 Å². The van der Waals surface area contributed by atoms with E-state index in [0.29, 0.717) is 0 Å². The van der Waals surface area contributed by atoms with Crippen molar-refractivity contribution >= 4 is 0 Å². The molecule has 0 aromatic heterocycles. The predicted octanol–water partition coefficient (Wildman–Crippen LogP) is 3.28. The lowest BCUT2D eigenvalue weighted by molar-refractivity contribution is 0.158. The Balaban J connectivity index is 1.69. The quantitative estimate of drug-likeness (QED) is 0.780. The summed E-state index contributed by atoms with van der Waals surface area (Å²) in [5.74, 6) is 1.91. The van der Waals surface area contributed by atoms with Gasteiger partial charge in [0.2, 0.25) is 0 Å². The van der Waals surface area contributed by atoms with E-state index in [0.717, 1.165) is 17.9 Å². The Morgan fingerprint density at radius 1 is 1.11 bits per heavy atom. The fourth-order valence-electron chi connectivity index (χ4n) is 3.84. The Labute approximate surface area is 114 Å². The first-order valence-corrected chi connectivity index (χ1v) is 8.19. The monoisotopic (exact) mass is 252 g/mol. The molecule has 1 aliphatic carbocycles. The van der Waals surface area contributed by atoms with E-state index in [9.17, 15) is 0 Å². The molecular formula is C16H32N2. The van der Waals surface area contributed by atoms with Crippen LogP contribution in [0, 0.1) is 11.8 Å². The average Bonchev–Trinajstić information content (AvgIpc) is 2.86. The number of nitrogens with one attached hydrogen (secondary N) is 1. The van der Waals surface area contributed by atoms with Gasteiger partial charge in [0.1, 0.15) is 0 Å². The third-order valence-corrected chi connectivity index (χ3v) is 4.86. The number of rotatable bonds is 6. The number of nitrogens with zero attached hydrogens (tertiary/aromatic N) is 1. The van der Waals surface area contributed by atoms with Gasteiger partial charge in [0.25, 0.3) is 0 Å². The second kappa shape index (κ2) is 7.49. The van der Waals surface area contributed by atoms with Crippen LogP contribution in [0.2, 0.25) is 0 Å². The highest BCUT2D eigenvalue weighted by molar-refractivity contribution is 4.83. The molecule has 0 bridgehead atoms. The minimum atomic E-state index is 0.756. The van der Waals surface area contributed by atoms with Gasteiger partial charge in [0, 0.05) is 19.1 Å². The molecule has 1 saturated carbocycles. The van der Waals surface area contributed by atoms with Gasteiger partial charge in [-0.15, -0.1) is 0 Å². The molecule has 2 atom stereocenters. The van der Waals surface area contributed by atoms with Crippen LogP contribution < -0.4 is 5.32 Å². The van der Waals surface area contributed by atoms with E-state index < -0.39 is 0 Å². The molecule has 18 heavy (non-hydrogen) atoms. The van der Waals surface area contributed by atoms with Crippen molar-refractivity contribution in [3.63, 3.8) is 0 Å². The molecule has 2 heteroatoms. The zero-order valence-electron chi connectivity index (χ0n) is 12.5. The molecule has 0 amide bonds. The van der Waals surface area contributed by atoms with Crippen LogP contribution in [0.3, 0.4) is 0 Å². The van der Waals surface area contributed by atoms with E-state index in [1.54, 1.807) is 0 Å². The molecular weight excluding hydrogens is 220 g/mol. The second-order valence-electron chi connectivity index (χ2n) is 6.72. The number of likely N-dealkylation sites (N-methyl/N-ethyl adjacent to an activating group) is 1. The van der Waals surface area contributed by atoms with Crippen molar-refractivity contribution in [1.29, 1.82) is 0 Å². The van der Waals surface area contributed by atoms with Crippen LogP contribution >= 0.6 is 0 Å². The SMILES string of the molecule is CCCCC1CC(NCC2CCCC2)CN(C)C1. The Morgan fingerprint density at radius 3 is 2.61 bits per heavy atom. The van der Waals surface area contributed by atoms with E-state index in [1.807, 2.05) is 0 Å². The van der Waals surface area contributed by atoms with Crippen LogP contribution in [0.4, 0.5) is 0 Å². The maximum Gasteiger partial charge on any atom is 0.0198 e. The predicted molar refractivity (Wildman–Crippen MR) is 78.9 cm³/mol. The summed E-state index contributed by atoms with van der Waals surface area (Å²) in [6.45, 7) is 6.17. The summed E-state index contributed by atoms with van der Waals surface area (Å²) >= 11 is 0. The summed E-state index contributed by atoms with van der Waals surface area (Å²) in [7, 11) is 2.29. The zero-order chi connectivity index (χ0) is 12.8. The fraction of sp³-hybridized carbons (Fsp3) is 1.00. The van der Waals surface area contributed by atoms with E-state index >= 15 is 0 Å². The van der Waals surface area contributed by atoms with Crippen LogP contribution in [0.1, 0.15) is 58.3 Å². The molecule has 0 aromatic rings. The summed E-state index contributed by atoms with van der Waals surface area (Å²) in [5.41, 5.74) is 0. The minimum Gasteiger partial charge on any atom is -0.312 e. The van der Waals surface area contributed by atoms with Crippen molar-refractivity contribution in [3.05, 3.63) is 0 Å². The van der Waals surface area contributed by atoms with Gasteiger partial charge in [-0.3, -0.25) is 0 Å². The molecule has 2 fully saturated rings.